The van der Waals surface area contributed by atoms with Gasteiger partial charge in [-0.25, -0.2) is 0 Å². The van der Waals surface area contributed by atoms with Crippen molar-refractivity contribution in [1.29, 1.82) is 0 Å². The summed E-state index contributed by atoms with van der Waals surface area (Å²) in [6, 6.07) is 9.89. The first-order chi connectivity index (χ1) is 5.43. The summed E-state index contributed by atoms with van der Waals surface area (Å²) in [5, 5.41) is 0. The number of benzene rings is 1. The Morgan fingerprint density at radius 1 is 1.27 bits per heavy atom. The van der Waals surface area contributed by atoms with Crippen LogP contribution in [-0.2, 0) is 8.92 Å². The van der Waals surface area contributed by atoms with Gasteiger partial charge in [0.25, 0.3) is 0 Å². The van der Waals surface area contributed by atoms with Gasteiger partial charge >= 0.3 is 0 Å². The van der Waals surface area contributed by atoms with Gasteiger partial charge in [-0.1, -0.05) is 18.2 Å². The SMILES string of the molecule is COCOSc1ccccc1. The lowest BCUT2D eigenvalue weighted by Crippen LogP contribution is -1.87. The second-order valence-corrected chi connectivity index (χ2v) is 2.79. The second kappa shape index (κ2) is 5.18. The summed E-state index contributed by atoms with van der Waals surface area (Å²) in [7, 11) is 1.60. The highest BCUT2D eigenvalue weighted by Crippen LogP contribution is 2.17. The van der Waals surface area contributed by atoms with E-state index in [2.05, 4.69) is 0 Å². The maximum atomic E-state index is 5.06. The first-order valence-corrected chi connectivity index (χ1v) is 4.01. The van der Waals surface area contributed by atoms with Crippen LogP contribution < -0.4 is 0 Å². The highest BCUT2D eigenvalue weighted by atomic mass is 32.2. The molecule has 0 aliphatic heterocycles. The maximum absolute atomic E-state index is 5.06. The standard InChI is InChI=1S/C8H10O2S/c1-9-7-10-11-8-5-3-2-4-6-8/h2-6H,7H2,1H3. The molecule has 3 heteroatoms. The summed E-state index contributed by atoms with van der Waals surface area (Å²) in [5.74, 6) is 0. The first-order valence-electron chi connectivity index (χ1n) is 3.27. The molecular formula is C8H10O2S. The molecule has 1 rings (SSSR count). The molecule has 0 aromatic heterocycles. The van der Waals surface area contributed by atoms with Crippen molar-refractivity contribution in [2.45, 2.75) is 4.90 Å². The van der Waals surface area contributed by atoms with E-state index in [0.717, 1.165) is 4.90 Å². The van der Waals surface area contributed by atoms with Crippen molar-refractivity contribution in [2.75, 3.05) is 13.9 Å². The van der Waals surface area contributed by atoms with Gasteiger partial charge in [0, 0.05) is 24.0 Å². The number of hydrogen-bond donors (Lipinski definition) is 0. The summed E-state index contributed by atoms with van der Waals surface area (Å²) < 4.78 is 9.78. The van der Waals surface area contributed by atoms with Crippen LogP contribution in [0.25, 0.3) is 0 Å². The molecule has 0 spiro atoms. The van der Waals surface area contributed by atoms with E-state index in [1.165, 1.54) is 12.0 Å². The van der Waals surface area contributed by atoms with E-state index in [0.29, 0.717) is 6.79 Å². The minimum absolute atomic E-state index is 0.319. The molecule has 1 aromatic carbocycles. The van der Waals surface area contributed by atoms with Crippen LogP contribution in [0, 0.1) is 0 Å². The van der Waals surface area contributed by atoms with Crippen molar-refractivity contribution >= 4 is 12.0 Å². The molecule has 0 N–H and O–H groups in total. The van der Waals surface area contributed by atoms with Crippen molar-refractivity contribution in [2.24, 2.45) is 0 Å². The third-order valence-electron chi connectivity index (χ3n) is 1.06. The Morgan fingerprint density at radius 2 is 2.00 bits per heavy atom. The summed E-state index contributed by atoms with van der Waals surface area (Å²) in [6.07, 6.45) is 0. The lowest BCUT2D eigenvalue weighted by molar-refractivity contribution is 0.0670. The Kier molecular flexibility index (Phi) is 4.04. The molecule has 1 aromatic rings. The quantitative estimate of drug-likeness (QED) is 0.392. The van der Waals surface area contributed by atoms with Crippen molar-refractivity contribution in [1.82, 2.24) is 0 Å². The van der Waals surface area contributed by atoms with Crippen LogP contribution in [0.5, 0.6) is 0 Å². The van der Waals surface area contributed by atoms with E-state index in [9.17, 15) is 0 Å². The van der Waals surface area contributed by atoms with Crippen LogP contribution >= 0.6 is 12.0 Å². The lowest BCUT2D eigenvalue weighted by Gasteiger charge is -1.99. The normalized spacial score (nSPS) is 9.91. The van der Waals surface area contributed by atoms with Crippen LogP contribution in [0.2, 0.25) is 0 Å². The fraction of sp³-hybridized carbons (Fsp3) is 0.250. The molecule has 0 radical (unpaired) electrons. The zero-order chi connectivity index (χ0) is 7.94. The van der Waals surface area contributed by atoms with Crippen LogP contribution in [0.3, 0.4) is 0 Å². The fourth-order valence-electron chi connectivity index (χ4n) is 0.616. The summed E-state index contributed by atoms with van der Waals surface area (Å²) >= 11 is 1.32. The summed E-state index contributed by atoms with van der Waals surface area (Å²) in [6.45, 7) is 0.319. The van der Waals surface area contributed by atoms with Gasteiger partial charge in [0.15, 0.2) is 6.79 Å². The van der Waals surface area contributed by atoms with Gasteiger partial charge in [-0.15, -0.1) is 0 Å². The van der Waals surface area contributed by atoms with E-state index in [1.54, 1.807) is 7.11 Å². The molecule has 0 heterocycles. The minimum Gasteiger partial charge on any atom is -0.358 e. The molecule has 0 aliphatic rings. The first kappa shape index (κ1) is 8.59. The fourth-order valence-corrected chi connectivity index (χ4v) is 1.16. The molecule has 0 saturated heterocycles. The van der Waals surface area contributed by atoms with E-state index in [1.807, 2.05) is 30.3 Å². The molecule has 0 unspecified atom stereocenters. The predicted molar refractivity (Wildman–Crippen MR) is 45.3 cm³/mol. The van der Waals surface area contributed by atoms with Crippen molar-refractivity contribution in [3.05, 3.63) is 30.3 Å². The monoisotopic (exact) mass is 170 g/mol. The molecule has 0 bridgehead atoms. The van der Waals surface area contributed by atoms with Gasteiger partial charge in [0.05, 0.1) is 0 Å². The smallest absolute Gasteiger partial charge is 0.160 e. The lowest BCUT2D eigenvalue weighted by atomic mass is 10.4. The largest absolute Gasteiger partial charge is 0.358 e. The number of methoxy groups -OCH3 is 1. The van der Waals surface area contributed by atoms with Gasteiger partial charge in [0.2, 0.25) is 0 Å². The van der Waals surface area contributed by atoms with Gasteiger partial charge in [-0.3, -0.25) is 4.18 Å². The number of hydrogen-bond acceptors (Lipinski definition) is 3. The Morgan fingerprint density at radius 3 is 2.64 bits per heavy atom. The molecule has 0 fully saturated rings. The highest BCUT2D eigenvalue weighted by Gasteiger charge is 1.90. The molecule has 0 aliphatic carbocycles. The molecule has 60 valence electrons. The Bertz CT molecular complexity index is 189. The van der Waals surface area contributed by atoms with E-state index >= 15 is 0 Å². The highest BCUT2D eigenvalue weighted by molar-refractivity contribution is 7.94. The van der Waals surface area contributed by atoms with E-state index < -0.39 is 0 Å². The van der Waals surface area contributed by atoms with Crippen LogP contribution in [-0.4, -0.2) is 13.9 Å². The van der Waals surface area contributed by atoms with Crippen molar-refractivity contribution in [3.8, 4) is 0 Å². The van der Waals surface area contributed by atoms with Gasteiger partial charge in [-0.2, -0.15) is 0 Å². The summed E-state index contributed by atoms with van der Waals surface area (Å²) in [4.78, 5) is 1.09. The van der Waals surface area contributed by atoms with E-state index in [4.69, 9.17) is 8.92 Å². The van der Waals surface area contributed by atoms with Gasteiger partial charge in [-0.05, 0) is 12.1 Å². The molecule has 2 nitrogen and oxygen atoms in total. The van der Waals surface area contributed by atoms with E-state index in [-0.39, 0.29) is 0 Å². The summed E-state index contributed by atoms with van der Waals surface area (Å²) in [5.41, 5.74) is 0. The predicted octanol–water partition coefficient (Wildman–Crippen LogP) is 2.31. The molecular weight excluding hydrogens is 160 g/mol. The molecule has 0 saturated carbocycles. The zero-order valence-electron chi connectivity index (χ0n) is 6.32. The van der Waals surface area contributed by atoms with Gasteiger partial charge < -0.3 is 4.74 Å². The zero-order valence-corrected chi connectivity index (χ0v) is 7.14. The van der Waals surface area contributed by atoms with Crippen molar-refractivity contribution < 1.29 is 8.92 Å². The number of rotatable bonds is 4. The Hall–Kier alpha value is -0.510. The van der Waals surface area contributed by atoms with Gasteiger partial charge in [0.1, 0.15) is 0 Å². The third kappa shape index (κ3) is 3.41. The second-order valence-electron chi connectivity index (χ2n) is 1.92. The molecule has 11 heavy (non-hydrogen) atoms. The maximum Gasteiger partial charge on any atom is 0.160 e. The average molecular weight is 170 g/mol. The average Bonchev–Trinajstić information content (AvgIpc) is 2.07. The topological polar surface area (TPSA) is 18.5 Å². The molecule has 0 amide bonds. The Labute approximate surface area is 70.7 Å². The third-order valence-corrected chi connectivity index (χ3v) is 1.74. The van der Waals surface area contributed by atoms with Crippen LogP contribution in [0.1, 0.15) is 0 Å². The number of ether oxygens (including phenoxy) is 1. The molecule has 0 atom stereocenters. The van der Waals surface area contributed by atoms with Crippen molar-refractivity contribution in [3.63, 3.8) is 0 Å². The Balaban J connectivity index is 2.28. The van der Waals surface area contributed by atoms with Crippen LogP contribution in [0.4, 0.5) is 0 Å². The minimum atomic E-state index is 0.319. The van der Waals surface area contributed by atoms with Crippen LogP contribution in [0.15, 0.2) is 35.2 Å².